The van der Waals surface area contributed by atoms with E-state index in [1.165, 1.54) is 29.5 Å². The molecule has 0 aliphatic heterocycles. The van der Waals surface area contributed by atoms with Crippen LogP contribution in [0.2, 0.25) is 5.02 Å². The zero-order chi connectivity index (χ0) is 21.5. The molecular formula is C20H14ClFN8O. The second kappa shape index (κ2) is 7.40. The number of pyridine rings is 1. The lowest BCUT2D eigenvalue weighted by Crippen LogP contribution is -2.28. The van der Waals surface area contributed by atoms with E-state index in [2.05, 4.69) is 35.2 Å². The maximum absolute atomic E-state index is 14.6. The summed E-state index contributed by atoms with van der Waals surface area (Å²) in [5, 5.41) is 3.63. The Morgan fingerprint density at radius 2 is 2.03 bits per heavy atom. The van der Waals surface area contributed by atoms with E-state index >= 15 is 0 Å². The van der Waals surface area contributed by atoms with Gasteiger partial charge in [0.1, 0.15) is 23.4 Å². The van der Waals surface area contributed by atoms with Crippen LogP contribution in [0.4, 0.5) is 10.2 Å². The number of rotatable bonds is 4. The fourth-order valence-corrected chi connectivity index (χ4v) is 3.67. The molecule has 0 radical (unpaired) electrons. The maximum Gasteiger partial charge on any atom is 0.267 e. The number of halogens is 2. The van der Waals surface area contributed by atoms with Crippen LogP contribution in [-0.4, -0.2) is 34.5 Å². The molecule has 0 amide bonds. The fourth-order valence-electron chi connectivity index (χ4n) is 3.42. The van der Waals surface area contributed by atoms with Gasteiger partial charge < -0.3 is 10.3 Å². The maximum atomic E-state index is 14.6. The molecule has 1 aromatic carbocycles. The van der Waals surface area contributed by atoms with Crippen molar-refractivity contribution in [2.24, 2.45) is 0 Å². The van der Waals surface area contributed by atoms with E-state index in [-0.39, 0.29) is 21.9 Å². The number of H-pyrrole nitrogens is 1. The Hall–Kier alpha value is -3.92. The van der Waals surface area contributed by atoms with Gasteiger partial charge in [0.15, 0.2) is 11.5 Å². The van der Waals surface area contributed by atoms with Gasteiger partial charge in [0.2, 0.25) is 5.95 Å². The van der Waals surface area contributed by atoms with Crippen LogP contribution in [0.25, 0.3) is 27.8 Å². The molecular weight excluding hydrogens is 423 g/mol. The first-order chi connectivity index (χ1) is 15.0. The molecule has 1 atom stereocenters. The average molecular weight is 437 g/mol. The first kappa shape index (κ1) is 19.1. The Morgan fingerprint density at radius 3 is 2.87 bits per heavy atom. The summed E-state index contributed by atoms with van der Waals surface area (Å²) in [4.78, 5) is 37.2. The molecule has 0 bridgehead atoms. The van der Waals surface area contributed by atoms with E-state index in [1.807, 2.05) is 0 Å². The highest BCUT2D eigenvalue weighted by Crippen LogP contribution is 2.26. The number of nitrogens with zero attached hydrogens (tertiary/aromatic N) is 6. The van der Waals surface area contributed by atoms with Crippen LogP contribution in [0, 0.1) is 5.95 Å². The molecule has 0 spiro atoms. The van der Waals surface area contributed by atoms with Gasteiger partial charge >= 0.3 is 0 Å². The summed E-state index contributed by atoms with van der Waals surface area (Å²) >= 11 is 6.27. The number of benzene rings is 1. The standard InChI is InChI=1S/C20H14ClFN8O/c1-10(28-18-15-17(25-8-24-15)26-9-27-18)19-29-12-5-2-4-11(21)14(12)20(31)30(19)13-6-3-7-23-16(13)22/h2-10H,1H3,(H2,24,25,26,27,28). The van der Waals surface area contributed by atoms with E-state index in [1.54, 1.807) is 31.2 Å². The minimum atomic E-state index is -0.802. The minimum absolute atomic E-state index is 0.0279. The molecule has 0 saturated heterocycles. The largest absolute Gasteiger partial charge is 0.358 e. The summed E-state index contributed by atoms with van der Waals surface area (Å²) < 4.78 is 15.8. The van der Waals surface area contributed by atoms with Crippen LogP contribution in [0.15, 0.2) is 54.0 Å². The molecule has 5 rings (SSSR count). The van der Waals surface area contributed by atoms with Gasteiger partial charge in [-0.25, -0.2) is 24.9 Å². The highest BCUT2D eigenvalue weighted by molar-refractivity contribution is 6.35. The SMILES string of the molecule is CC(Nc1ncnc2nc[nH]c12)c1nc2cccc(Cl)c2c(=O)n1-c1cccnc1F. The van der Waals surface area contributed by atoms with E-state index in [0.29, 0.717) is 22.5 Å². The number of anilines is 1. The third-order valence-electron chi connectivity index (χ3n) is 4.82. The van der Waals surface area contributed by atoms with Crippen molar-refractivity contribution in [2.45, 2.75) is 13.0 Å². The summed E-state index contributed by atoms with van der Waals surface area (Å²) in [6.45, 7) is 1.78. The number of imidazole rings is 1. The third kappa shape index (κ3) is 3.17. The summed E-state index contributed by atoms with van der Waals surface area (Å²) in [7, 11) is 0. The quantitative estimate of drug-likeness (QED) is 0.415. The van der Waals surface area contributed by atoms with Crippen LogP contribution >= 0.6 is 11.6 Å². The molecule has 9 nitrogen and oxygen atoms in total. The summed E-state index contributed by atoms with van der Waals surface area (Å²) in [5.41, 5.74) is 0.953. The third-order valence-corrected chi connectivity index (χ3v) is 5.13. The van der Waals surface area contributed by atoms with Crippen LogP contribution in [0.1, 0.15) is 18.8 Å². The van der Waals surface area contributed by atoms with Crippen molar-refractivity contribution >= 4 is 39.5 Å². The van der Waals surface area contributed by atoms with Crippen LogP contribution in [-0.2, 0) is 0 Å². The first-order valence-corrected chi connectivity index (χ1v) is 9.65. The fraction of sp³-hybridized carbons (Fsp3) is 0.100. The van der Waals surface area contributed by atoms with Crippen molar-refractivity contribution in [2.75, 3.05) is 5.32 Å². The van der Waals surface area contributed by atoms with Gasteiger partial charge in [-0.05, 0) is 31.2 Å². The van der Waals surface area contributed by atoms with E-state index < -0.39 is 17.5 Å². The van der Waals surface area contributed by atoms with Crippen molar-refractivity contribution < 1.29 is 4.39 Å². The molecule has 4 heterocycles. The molecule has 5 aromatic rings. The lowest BCUT2D eigenvalue weighted by Gasteiger charge is -2.20. The van der Waals surface area contributed by atoms with E-state index in [4.69, 9.17) is 11.6 Å². The van der Waals surface area contributed by atoms with Gasteiger partial charge in [-0.2, -0.15) is 4.39 Å². The number of aromatic amines is 1. The van der Waals surface area contributed by atoms with Gasteiger partial charge in [-0.1, -0.05) is 17.7 Å². The molecule has 11 heteroatoms. The minimum Gasteiger partial charge on any atom is -0.358 e. The van der Waals surface area contributed by atoms with Gasteiger partial charge in [-0.15, -0.1) is 0 Å². The second-order valence-electron chi connectivity index (χ2n) is 6.75. The van der Waals surface area contributed by atoms with Crippen LogP contribution < -0.4 is 10.9 Å². The predicted molar refractivity (Wildman–Crippen MR) is 114 cm³/mol. The lowest BCUT2D eigenvalue weighted by molar-refractivity contribution is 0.567. The van der Waals surface area contributed by atoms with Gasteiger partial charge in [0, 0.05) is 6.20 Å². The highest BCUT2D eigenvalue weighted by atomic mass is 35.5. The van der Waals surface area contributed by atoms with Crippen molar-refractivity contribution in [3.63, 3.8) is 0 Å². The smallest absolute Gasteiger partial charge is 0.267 e. The number of hydrogen-bond donors (Lipinski definition) is 2. The number of nitrogens with one attached hydrogen (secondary N) is 2. The number of hydrogen-bond acceptors (Lipinski definition) is 7. The molecule has 0 aliphatic carbocycles. The number of aromatic nitrogens is 7. The highest BCUT2D eigenvalue weighted by Gasteiger charge is 2.22. The Bertz CT molecular complexity index is 1500. The number of fused-ring (bicyclic) bond motifs is 2. The molecule has 31 heavy (non-hydrogen) atoms. The van der Waals surface area contributed by atoms with Crippen molar-refractivity contribution in [1.82, 2.24) is 34.5 Å². The molecule has 154 valence electrons. The monoisotopic (exact) mass is 436 g/mol. The second-order valence-corrected chi connectivity index (χ2v) is 7.15. The zero-order valence-corrected chi connectivity index (χ0v) is 16.8. The summed E-state index contributed by atoms with van der Waals surface area (Å²) in [6.07, 6.45) is 4.19. The van der Waals surface area contributed by atoms with Gasteiger partial charge in [-0.3, -0.25) is 9.36 Å². The molecule has 0 fully saturated rings. The van der Waals surface area contributed by atoms with Crippen LogP contribution in [0.5, 0.6) is 0 Å². The lowest BCUT2D eigenvalue weighted by atomic mass is 10.2. The van der Waals surface area contributed by atoms with Gasteiger partial charge in [0.05, 0.1) is 28.3 Å². The predicted octanol–water partition coefficient (Wildman–Crippen LogP) is 3.41. The van der Waals surface area contributed by atoms with Crippen molar-refractivity contribution in [3.8, 4) is 5.69 Å². The summed E-state index contributed by atoms with van der Waals surface area (Å²) in [5.74, 6) is -0.0733. The molecule has 0 saturated carbocycles. The topological polar surface area (TPSA) is 114 Å². The first-order valence-electron chi connectivity index (χ1n) is 9.27. The van der Waals surface area contributed by atoms with Crippen LogP contribution in [0.3, 0.4) is 0 Å². The van der Waals surface area contributed by atoms with Crippen molar-refractivity contribution in [3.05, 3.63) is 76.3 Å². The molecule has 0 aliphatic rings. The van der Waals surface area contributed by atoms with Gasteiger partial charge in [0.25, 0.3) is 5.56 Å². The Kier molecular flexibility index (Phi) is 4.55. The Labute approximate surface area is 179 Å². The normalized spacial score (nSPS) is 12.4. The molecule has 1 unspecified atom stereocenters. The summed E-state index contributed by atoms with van der Waals surface area (Å²) in [6, 6.07) is 7.42. The Morgan fingerprint density at radius 1 is 1.16 bits per heavy atom. The molecule has 2 N–H and O–H groups in total. The Balaban J connectivity index is 1.74. The van der Waals surface area contributed by atoms with E-state index in [0.717, 1.165) is 0 Å². The average Bonchev–Trinajstić information content (AvgIpc) is 3.24. The molecule has 4 aromatic heterocycles. The van der Waals surface area contributed by atoms with Crippen molar-refractivity contribution in [1.29, 1.82) is 0 Å². The van der Waals surface area contributed by atoms with E-state index in [9.17, 15) is 9.18 Å². The zero-order valence-electron chi connectivity index (χ0n) is 16.0.